The van der Waals surface area contributed by atoms with Crippen LogP contribution in [0, 0.1) is 27.7 Å². The molecule has 8 saturated heterocycles. The van der Waals surface area contributed by atoms with Crippen molar-refractivity contribution >= 4 is 93.8 Å². The number of nitrogens with zero attached hydrogens (tertiary/aromatic N) is 20. The Morgan fingerprint density at radius 1 is 0.298 bits per heavy atom. The van der Waals surface area contributed by atoms with Gasteiger partial charge in [0.05, 0.1) is 191 Å². The fourth-order valence-corrected chi connectivity index (χ4v) is 15.5. The number of hydrogen-bond acceptors (Lipinski definition) is 32. The fraction of sp³-hybridized carbons (Fsp3) is 0.550. The Morgan fingerprint density at radius 2 is 0.476 bits per heavy atom. The van der Waals surface area contributed by atoms with Crippen molar-refractivity contribution in [2.45, 2.75) is 154 Å². The van der Waals surface area contributed by atoms with Crippen molar-refractivity contribution in [1.29, 1.82) is 0 Å². The molecule has 0 radical (unpaired) electrons. The van der Waals surface area contributed by atoms with Crippen LogP contribution in [0.1, 0.15) is 99.3 Å². The van der Waals surface area contributed by atoms with Crippen LogP contribution in [0.4, 0.5) is 23.8 Å². The van der Waals surface area contributed by atoms with Crippen LogP contribution < -0.4 is 60.8 Å². The Kier molecular flexibility index (Phi) is 32.3. The van der Waals surface area contributed by atoms with Crippen molar-refractivity contribution in [3.8, 4) is 23.0 Å². The maximum absolute atomic E-state index is 12.7. The summed E-state index contributed by atoms with van der Waals surface area (Å²) in [6, 6.07) is 0. The number of halogens is 4. The molecule has 44 heteroatoms. The number of carbonyl (C=O) groups excluding carboxylic acids is 4. The lowest BCUT2D eigenvalue weighted by Crippen LogP contribution is -2.49. The summed E-state index contributed by atoms with van der Waals surface area (Å²) in [6.07, 6.45) is 25.6. The van der Waals surface area contributed by atoms with E-state index in [0.717, 1.165) is 51.4 Å². The maximum Gasteiger partial charge on any atom is 0.270 e. The van der Waals surface area contributed by atoms with Gasteiger partial charge >= 0.3 is 0 Å². The average Bonchev–Trinajstić information content (AvgIpc) is 0.904. The first kappa shape index (κ1) is 90.8. The smallest absolute Gasteiger partial charge is 0.270 e. The molecule has 8 fully saturated rings. The van der Waals surface area contributed by atoms with Gasteiger partial charge in [-0.05, 0) is 79.1 Å². The molecule has 124 heavy (non-hydrogen) atoms. The Hall–Kier alpha value is -10.9. The number of hydrogen-bond donors (Lipinski definition) is 4. The predicted octanol–water partition coefficient (Wildman–Crippen LogP) is 4.75. The van der Waals surface area contributed by atoms with Crippen LogP contribution in [0.5, 0.6) is 23.0 Å². The van der Waals surface area contributed by atoms with Gasteiger partial charge in [-0.1, -0.05) is 46.4 Å². The van der Waals surface area contributed by atoms with Crippen LogP contribution in [0.2, 0.25) is 20.1 Å². The van der Waals surface area contributed by atoms with E-state index in [0.29, 0.717) is 246 Å². The topological polar surface area (TPSA) is 454 Å². The lowest BCUT2D eigenvalue weighted by atomic mass is 10.1. The van der Waals surface area contributed by atoms with E-state index in [2.05, 4.69) is 80.7 Å². The number of aromatic nitrogens is 16. The summed E-state index contributed by atoms with van der Waals surface area (Å²) >= 11 is 23.4. The van der Waals surface area contributed by atoms with Gasteiger partial charge in [0.25, 0.3) is 22.2 Å². The van der Waals surface area contributed by atoms with Crippen molar-refractivity contribution in [3.05, 3.63) is 158 Å². The third-order valence-electron chi connectivity index (χ3n) is 22.4. The summed E-state index contributed by atoms with van der Waals surface area (Å²) in [4.78, 5) is 147. The second kappa shape index (κ2) is 44.1. The summed E-state index contributed by atoms with van der Waals surface area (Å²) in [6.45, 7) is 18.5. The molecule has 8 aromatic heterocycles. The van der Waals surface area contributed by atoms with E-state index in [4.69, 9.17) is 84.3 Å². The van der Waals surface area contributed by atoms with Gasteiger partial charge in [0.2, 0.25) is 47.4 Å². The van der Waals surface area contributed by atoms with E-state index >= 15 is 0 Å². The number of ether oxygens (including phenoxy) is 8. The molecule has 0 aliphatic carbocycles. The van der Waals surface area contributed by atoms with Gasteiger partial charge in [0, 0.05) is 105 Å². The molecule has 4 N–H and O–H groups in total. The van der Waals surface area contributed by atoms with Crippen LogP contribution in [0.3, 0.4) is 0 Å². The van der Waals surface area contributed by atoms with Crippen molar-refractivity contribution < 1.29 is 57.1 Å². The molecule has 8 aromatic rings. The van der Waals surface area contributed by atoms with E-state index in [9.17, 15) is 38.4 Å². The molecule has 8 aliphatic heterocycles. The van der Waals surface area contributed by atoms with Crippen LogP contribution in [-0.4, -0.2) is 304 Å². The van der Waals surface area contributed by atoms with Crippen LogP contribution in [0.15, 0.2) is 93.5 Å². The van der Waals surface area contributed by atoms with Gasteiger partial charge in [-0.2, -0.15) is 20.4 Å². The number of rotatable bonds is 24. The largest absolute Gasteiger partial charge is 0.489 e. The number of carbonyl (C=O) groups is 4. The van der Waals surface area contributed by atoms with Gasteiger partial charge in [-0.3, -0.25) is 38.4 Å². The second-order valence-electron chi connectivity index (χ2n) is 30.9. The van der Waals surface area contributed by atoms with Crippen molar-refractivity contribution in [2.24, 2.45) is 0 Å². The number of anilines is 4. The molecular weight excluding hydrogens is 1690 g/mol. The minimum atomic E-state index is -0.268. The van der Waals surface area contributed by atoms with E-state index in [1.807, 2.05) is 39.2 Å². The van der Waals surface area contributed by atoms with E-state index in [-0.39, 0.29) is 94.7 Å². The first-order valence-corrected chi connectivity index (χ1v) is 42.8. The SMILES string of the molecule is Cc1c(OC[C@@H]2CC[C@@H](CC(=O)N3CCN(c4ncc(Cl)cn4)CC3)O2)cn[nH]c1=O.Cc1c(OC[C@@H]2CC[C@H](CC(=O)N3CCN(c4ncc(Cl)cn4)CC3)O2)cn[nH]c1=O.Cc1c(OC[C@H]2CC[C@@H](CC(=O)N3CCN(c4ncc(Cl)cn4)CC3)O2)cn[nH]c1=O.Cc1c(OC[C@H]2CC[C@H](CC(=O)N3CCN(c4ncc(Cl)cn4)CC3)O2)cn[nH]c1=O. The second-order valence-corrected chi connectivity index (χ2v) is 32.7. The van der Waals surface area contributed by atoms with Crippen molar-refractivity contribution in [1.82, 2.24) is 100 Å². The lowest BCUT2D eigenvalue weighted by molar-refractivity contribution is -0.135. The molecule has 0 saturated carbocycles. The number of aromatic amines is 4. The van der Waals surface area contributed by atoms with Gasteiger partial charge in [-0.15, -0.1) is 0 Å². The summed E-state index contributed by atoms with van der Waals surface area (Å²) < 4.78 is 46.8. The molecule has 0 aromatic carbocycles. The highest BCUT2D eigenvalue weighted by molar-refractivity contribution is 6.31. The average molecular weight is 1800 g/mol. The van der Waals surface area contributed by atoms with Crippen LogP contribution in [-0.2, 0) is 38.1 Å². The van der Waals surface area contributed by atoms with E-state index < -0.39 is 0 Å². The molecule has 40 nitrogen and oxygen atoms in total. The van der Waals surface area contributed by atoms with Gasteiger partial charge < -0.3 is 77.1 Å². The zero-order valence-corrected chi connectivity index (χ0v) is 72.2. The van der Waals surface area contributed by atoms with E-state index in [1.165, 1.54) is 24.8 Å². The van der Waals surface area contributed by atoms with Gasteiger partial charge in [-0.25, -0.2) is 60.3 Å². The number of amides is 4. The van der Waals surface area contributed by atoms with Crippen molar-refractivity contribution in [3.63, 3.8) is 0 Å². The standard InChI is InChI=1S/4C20H25ClN6O4/c4*1-13-17(11-24-25-19(13)29)30-12-16-3-2-15(31-16)8-18(28)26-4-6-27(7-5-26)20-22-9-14(21)10-23-20/h4*9-11,15-16H,2-8,12H2,1H3,(H,25,29)/t2*15-,16+;2*15-,16-/m1010/s1. The number of nitrogens with one attached hydrogen (secondary N) is 4. The first-order chi connectivity index (χ1) is 60.0. The molecule has 0 bridgehead atoms. The highest BCUT2D eigenvalue weighted by atomic mass is 35.5. The molecule has 4 amide bonds. The molecule has 8 aliphatic rings. The molecule has 16 rings (SSSR count). The molecular formula is C80H100Cl4N24O16. The highest BCUT2D eigenvalue weighted by Gasteiger charge is 2.36. The zero-order valence-electron chi connectivity index (χ0n) is 69.2. The molecule has 0 spiro atoms. The van der Waals surface area contributed by atoms with Crippen LogP contribution in [0.25, 0.3) is 0 Å². The zero-order chi connectivity index (χ0) is 87.2. The quantitative estimate of drug-likeness (QED) is 0.0634. The monoisotopic (exact) mass is 1790 g/mol. The Labute approximate surface area is 732 Å². The fourth-order valence-electron chi connectivity index (χ4n) is 15.1. The molecule has 8 atom stereocenters. The maximum atomic E-state index is 12.7. The summed E-state index contributed by atoms with van der Waals surface area (Å²) in [5.74, 6) is 4.71. The van der Waals surface area contributed by atoms with Gasteiger partial charge in [0.1, 0.15) is 49.4 Å². The third kappa shape index (κ3) is 25.7. The molecule has 664 valence electrons. The summed E-state index contributed by atoms with van der Waals surface area (Å²) in [7, 11) is 0. The predicted molar refractivity (Wildman–Crippen MR) is 454 cm³/mol. The first-order valence-electron chi connectivity index (χ1n) is 41.3. The minimum Gasteiger partial charge on any atom is -0.489 e. The summed E-state index contributed by atoms with van der Waals surface area (Å²) in [5, 5.41) is 26.5. The summed E-state index contributed by atoms with van der Waals surface area (Å²) in [5.41, 5.74) is 0.885. The number of piperazine rings is 4. The normalized spacial score (nSPS) is 21.4. The highest BCUT2D eigenvalue weighted by Crippen LogP contribution is 2.31. The van der Waals surface area contributed by atoms with Crippen molar-refractivity contribution in [2.75, 3.05) is 151 Å². The van der Waals surface area contributed by atoms with Crippen LogP contribution >= 0.6 is 46.4 Å². The minimum absolute atomic E-state index is 0.0953. The Bertz CT molecular complexity index is 4470. The Morgan fingerprint density at radius 3 is 0.661 bits per heavy atom. The third-order valence-corrected chi connectivity index (χ3v) is 23.2. The van der Waals surface area contributed by atoms with Gasteiger partial charge in [0.15, 0.2) is 0 Å². The van der Waals surface area contributed by atoms with E-state index in [1.54, 1.807) is 77.3 Å². The molecule has 0 unspecified atom stereocenters. The lowest BCUT2D eigenvalue weighted by Gasteiger charge is -2.35. The molecule has 16 heterocycles. The Balaban J connectivity index is 0.000000142. The number of H-pyrrole nitrogens is 4.